The Hall–Kier alpha value is -1.70. The maximum atomic E-state index is 13.1. The van der Waals surface area contributed by atoms with E-state index in [0.717, 1.165) is 64.0 Å². The Morgan fingerprint density at radius 2 is 1.68 bits per heavy atom. The quantitative estimate of drug-likeness (QED) is 0.782. The van der Waals surface area contributed by atoms with E-state index in [1.165, 1.54) is 0 Å². The summed E-state index contributed by atoms with van der Waals surface area (Å²) in [7, 11) is 0. The third-order valence-electron chi connectivity index (χ3n) is 6.43. The average molecular weight is 406 g/mol. The molecule has 3 heterocycles. The Bertz CT molecular complexity index is 789. The van der Waals surface area contributed by atoms with Crippen LogP contribution in [0.4, 0.5) is 0 Å². The van der Waals surface area contributed by atoms with Crippen molar-refractivity contribution in [2.45, 2.75) is 64.3 Å². The minimum atomic E-state index is -0.0294. The first-order chi connectivity index (χ1) is 13.5. The predicted molar refractivity (Wildman–Crippen MR) is 108 cm³/mol. The number of carbonyl (C=O) groups excluding carboxylic acids is 2. The van der Waals surface area contributed by atoms with Crippen molar-refractivity contribution >= 4 is 24.0 Å². The third-order valence-corrected chi connectivity index (χ3v) is 6.72. The maximum Gasteiger partial charge on any atom is 0.227 e. The van der Waals surface area contributed by atoms with E-state index >= 15 is 0 Å². The molecule has 4 rings (SSSR count). The molecule has 1 aromatic rings. The molecule has 3 fully saturated rings. The number of piperidine rings is 2. The molecule has 8 heteroatoms. The molecule has 7 nitrogen and oxygen atoms in total. The second-order valence-corrected chi connectivity index (χ2v) is 9.23. The van der Waals surface area contributed by atoms with Gasteiger partial charge in [-0.05, 0) is 64.6 Å². The lowest BCUT2D eigenvalue weighted by atomic mass is 9.92. The normalized spacial score (nSPS) is 24.0. The lowest BCUT2D eigenvalue weighted by Crippen LogP contribution is -2.48. The van der Waals surface area contributed by atoms with Crippen LogP contribution in [0.15, 0.2) is 0 Å². The van der Waals surface area contributed by atoms with Crippen molar-refractivity contribution in [2.75, 3.05) is 26.2 Å². The van der Waals surface area contributed by atoms with Crippen LogP contribution in [0.3, 0.4) is 0 Å². The van der Waals surface area contributed by atoms with Gasteiger partial charge >= 0.3 is 0 Å². The molecule has 0 bridgehead atoms. The molecular weight excluding hydrogens is 374 g/mol. The lowest BCUT2D eigenvalue weighted by Gasteiger charge is -2.38. The van der Waals surface area contributed by atoms with Crippen LogP contribution in [0, 0.1) is 16.6 Å². The summed E-state index contributed by atoms with van der Waals surface area (Å²) >= 11 is 5.37. The van der Waals surface area contributed by atoms with Gasteiger partial charge in [0.05, 0.1) is 5.92 Å². The highest BCUT2D eigenvalue weighted by Crippen LogP contribution is 2.33. The molecule has 1 atom stereocenters. The first-order valence-corrected chi connectivity index (χ1v) is 11.1. The van der Waals surface area contributed by atoms with Crippen LogP contribution in [-0.2, 0) is 9.59 Å². The van der Waals surface area contributed by atoms with E-state index in [9.17, 15) is 9.59 Å². The van der Waals surface area contributed by atoms with Gasteiger partial charge in [0, 0.05) is 44.1 Å². The Balaban J connectivity index is 1.35. The summed E-state index contributed by atoms with van der Waals surface area (Å²) in [5.41, 5.74) is 0. The first kappa shape index (κ1) is 19.6. The highest BCUT2D eigenvalue weighted by molar-refractivity contribution is 7.71. The Labute approximate surface area is 171 Å². The molecule has 1 saturated carbocycles. The molecule has 1 aromatic heterocycles. The molecule has 0 spiro atoms. The van der Waals surface area contributed by atoms with E-state index in [-0.39, 0.29) is 29.7 Å². The Morgan fingerprint density at radius 3 is 2.32 bits per heavy atom. The fourth-order valence-corrected chi connectivity index (χ4v) is 5.04. The zero-order chi connectivity index (χ0) is 19.8. The number of carbonyl (C=O) groups is 2. The van der Waals surface area contributed by atoms with Crippen LogP contribution in [0.25, 0.3) is 0 Å². The Kier molecular flexibility index (Phi) is 5.58. The number of likely N-dealkylation sites (tertiary alicyclic amines) is 2. The number of aromatic amines is 1. The Morgan fingerprint density at radius 1 is 1.00 bits per heavy atom. The van der Waals surface area contributed by atoms with Gasteiger partial charge in [-0.25, -0.2) is 0 Å². The van der Waals surface area contributed by atoms with Crippen LogP contribution in [0.1, 0.15) is 70.2 Å². The van der Waals surface area contributed by atoms with Gasteiger partial charge in [-0.2, -0.15) is 5.10 Å². The van der Waals surface area contributed by atoms with Crippen molar-refractivity contribution in [1.82, 2.24) is 24.6 Å². The topological polar surface area (TPSA) is 74.2 Å². The maximum absolute atomic E-state index is 13.1. The summed E-state index contributed by atoms with van der Waals surface area (Å²) in [4.78, 5) is 29.4. The first-order valence-electron chi connectivity index (χ1n) is 10.7. The van der Waals surface area contributed by atoms with Crippen molar-refractivity contribution in [3.05, 3.63) is 10.6 Å². The number of hydrogen-bond acceptors (Lipinski definition) is 4. The van der Waals surface area contributed by atoms with Crippen LogP contribution in [-0.4, -0.2) is 62.6 Å². The fraction of sp³-hybridized carbons (Fsp3) is 0.800. The molecule has 2 saturated heterocycles. The molecule has 3 aliphatic rings. The molecule has 0 radical (unpaired) electrons. The van der Waals surface area contributed by atoms with Gasteiger partial charge in [0.1, 0.15) is 5.82 Å². The summed E-state index contributed by atoms with van der Waals surface area (Å²) in [5.74, 6) is 2.06. The minimum absolute atomic E-state index is 0.0294. The van der Waals surface area contributed by atoms with Gasteiger partial charge in [0.15, 0.2) is 4.77 Å². The predicted octanol–water partition coefficient (Wildman–Crippen LogP) is 2.88. The van der Waals surface area contributed by atoms with Crippen LogP contribution < -0.4 is 0 Å². The van der Waals surface area contributed by atoms with Gasteiger partial charge in [0.25, 0.3) is 0 Å². The van der Waals surface area contributed by atoms with E-state index in [1.807, 2.05) is 9.80 Å². The number of nitrogens with zero attached hydrogens (tertiary/aromatic N) is 4. The van der Waals surface area contributed by atoms with E-state index in [2.05, 4.69) is 28.6 Å². The molecule has 2 amide bonds. The minimum Gasteiger partial charge on any atom is -0.342 e. The highest BCUT2D eigenvalue weighted by Gasteiger charge is 2.38. The molecular formula is C20H31N5O2S. The van der Waals surface area contributed by atoms with Crippen LogP contribution >= 0.6 is 12.2 Å². The van der Waals surface area contributed by atoms with Crippen LogP contribution in [0.2, 0.25) is 0 Å². The summed E-state index contributed by atoms with van der Waals surface area (Å²) in [6, 6.07) is 0.276. The highest BCUT2D eigenvalue weighted by atomic mass is 32.1. The van der Waals surface area contributed by atoms with Crippen molar-refractivity contribution in [2.24, 2.45) is 11.8 Å². The summed E-state index contributed by atoms with van der Waals surface area (Å²) < 4.78 is 2.77. The second-order valence-electron chi connectivity index (χ2n) is 8.85. The smallest absolute Gasteiger partial charge is 0.227 e. The van der Waals surface area contributed by atoms with Crippen molar-refractivity contribution in [3.63, 3.8) is 0 Å². The van der Waals surface area contributed by atoms with E-state index < -0.39 is 0 Å². The van der Waals surface area contributed by atoms with E-state index in [4.69, 9.17) is 12.2 Å². The number of rotatable bonds is 4. The standard InChI is InChI=1S/C20H31N5O2S/c1-13(2)25-17(21-22-20(25)28)14-7-10-23(11-8-14)19(27)16-4-3-9-24(12-16)18(26)15-5-6-15/h13-16H,3-12H2,1-2H3,(H,22,28). The van der Waals surface area contributed by atoms with Crippen molar-refractivity contribution in [3.8, 4) is 0 Å². The third kappa shape index (κ3) is 3.88. The van der Waals surface area contributed by atoms with Gasteiger partial charge in [-0.3, -0.25) is 14.7 Å². The molecule has 1 aliphatic carbocycles. The summed E-state index contributed by atoms with van der Waals surface area (Å²) in [5, 5.41) is 7.40. The number of amides is 2. The molecule has 28 heavy (non-hydrogen) atoms. The number of H-pyrrole nitrogens is 1. The van der Waals surface area contributed by atoms with Crippen LogP contribution in [0.5, 0.6) is 0 Å². The molecule has 2 aliphatic heterocycles. The van der Waals surface area contributed by atoms with Gasteiger partial charge in [-0.15, -0.1) is 0 Å². The second kappa shape index (κ2) is 7.97. The summed E-state index contributed by atoms with van der Waals surface area (Å²) in [6.07, 6.45) is 5.72. The van der Waals surface area contributed by atoms with Gasteiger partial charge in [0.2, 0.25) is 11.8 Å². The van der Waals surface area contributed by atoms with E-state index in [1.54, 1.807) is 0 Å². The lowest BCUT2D eigenvalue weighted by molar-refractivity contribution is -0.142. The summed E-state index contributed by atoms with van der Waals surface area (Å²) in [6.45, 7) is 7.18. The van der Waals surface area contributed by atoms with E-state index in [0.29, 0.717) is 17.2 Å². The van der Waals surface area contributed by atoms with Crippen molar-refractivity contribution in [1.29, 1.82) is 0 Å². The van der Waals surface area contributed by atoms with Crippen molar-refractivity contribution < 1.29 is 9.59 Å². The average Bonchev–Trinajstić information content (AvgIpc) is 3.48. The molecule has 0 aromatic carbocycles. The monoisotopic (exact) mass is 405 g/mol. The fourth-order valence-electron chi connectivity index (χ4n) is 4.69. The SMILES string of the molecule is CC(C)n1c(C2CCN(C(=O)C3CCCN(C(=O)C4CC4)C3)CC2)n[nH]c1=S. The largest absolute Gasteiger partial charge is 0.342 e. The number of hydrogen-bond donors (Lipinski definition) is 1. The number of nitrogens with one attached hydrogen (secondary N) is 1. The molecule has 154 valence electrons. The molecule has 1 N–H and O–H groups in total. The number of aromatic nitrogens is 3. The van der Waals surface area contributed by atoms with Gasteiger partial charge < -0.3 is 14.4 Å². The molecule has 1 unspecified atom stereocenters. The van der Waals surface area contributed by atoms with Gasteiger partial charge in [-0.1, -0.05) is 0 Å². The zero-order valence-electron chi connectivity index (χ0n) is 16.9. The zero-order valence-corrected chi connectivity index (χ0v) is 17.7.